The minimum Gasteiger partial charge on any atom is -0.491 e. The van der Waals surface area contributed by atoms with E-state index in [1.165, 1.54) is 0 Å². The molecule has 0 amide bonds. The number of hydrogen-bond acceptors (Lipinski definition) is 3. The highest BCUT2D eigenvalue weighted by molar-refractivity contribution is 5.99. The van der Waals surface area contributed by atoms with Gasteiger partial charge in [-0.25, -0.2) is 0 Å². The number of Topliss-reactive ketones (excluding diaryl/α,β-unsaturated/α-hetero) is 1. The lowest BCUT2D eigenvalue weighted by atomic mass is 10.0. The van der Waals surface area contributed by atoms with Gasteiger partial charge < -0.3 is 10.1 Å². The molecule has 0 bridgehead atoms. The first-order valence-electron chi connectivity index (χ1n) is 6.29. The molecule has 4 heteroatoms. The van der Waals surface area contributed by atoms with Gasteiger partial charge in [0.2, 0.25) is 0 Å². The molecule has 0 saturated heterocycles. The average Bonchev–Trinajstić information content (AvgIpc) is 2.50. The highest BCUT2D eigenvalue weighted by Gasteiger charge is 2.22. The zero-order valence-electron chi connectivity index (χ0n) is 10.6. The standard InChI is InChI=1S/C14H19NO2.ClH/c1-2-3-8-15-11-9-13(16)12-6-4-5-7-14(12)17-10-11;/h4-7,11,15H,2-3,8-10H2,1H3;1H. The zero-order chi connectivity index (χ0) is 12.1. The first-order valence-corrected chi connectivity index (χ1v) is 6.29. The van der Waals surface area contributed by atoms with Crippen LogP contribution in [0, 0.1) is 0 Å². The van der Waals surface area contributed by atoms with E-state index in [0.29, 0.717) is 18.6 Å². The molecule has 1 unspecified atom stereocenters. The van der Waals surface area contributed by atoms with Crippen molar-refractivity contribution in [1.29, 1.82) is 0 Å². The number of ether oxygens (including phenoxy) is 1. The van der Waals surface area contributed by atoms with E-state index < -0.39 is 0 Å². The summed E-state index contributed by atoms with van der Waals surface area (Å²) in [6.45, 7) is 3.69. The molecule has 1 aromatic rings. The number of benzene rings is 1. The molecule has 0 radical (unpaired) electrons. The molecule has 2 rings (SSSR count). The molecule has 1 aliphatic heterocycles. The van der Waals surface area contributed by atoms with Gasteiger partial charge in [-0.15, -0.1) is 12.4 Å². The first-order chi connectivity index (χ1) is 8.31. The van der Waals surface area contributed by atoms with Crippen LogP contribution in [0.15, 0.2) is 24.3 Å². The third-order valence-corrected chi connectivity index (χ3v) is 3.02. The lowest BCUT2D eigenvalue weighted by Gasteiger charge is -2.14. The highest BCUT2D eigenvalue weighted by Crippen LogP contribution is 2.23. The van der Waals surface area contributed by atoms with Gasteiger partial charge in [0.05, 0.1) is 5.56 Å². The maximum atomic E-state index is 12.0. The Labute approximate surface area is 114 Å². The number of rotatable bonds is 4. The van der Waals surface area contributed by atoms with Crippen LogP contribution in [-0.2, 0) is 0 Å². The predicted octanol–water partition coefficient (Wildman–Crippen LogP) is 2.83. The van der Waals surface area contributed by atoms with E-state index in [2.05, 4.69) is 12.2 Å². The van der Waals surface area contributed by atoms with Gasteiger partial charge >= 0.3 is 0 Å². The second kappa shape index (κ2) is 7.39. The zero-order valence-corrected chi connectivity index (χ0v) is 11.5. The summed E-state index contributed by atoms with van der Waals surface area (Å²) in [4.78, 5) is 12.0. The minimum absolute atomic E-state index is 0. The van der Waals surface area contributed by atoms with Crippen molar-refractivity contribution in [1.82, 2.24) is 5.32 Å². The summed E-state index contributed by atoms with van der Waals surface area (Å²) in [6.07, 6.45) is 2.83. The van der Waals surface area contributed by atoms with Crippen LogP contribution in [0.2, 0.25) is 0 Å². The number of hydrogen-bond donors (Lipinski definition) is 1. The van der Waals surface area contributed by atoms with E-state index in [1.807, 2.05) is 24.3 Å². The summed E-state index contributed by atoms with van der Waals surface area (Å²) < 4.78 is 5.68. The summed E-state index contributed by atoms with van der Waals surface area (Å²) >= 11 is 0. The smallest absolute Gasteiger partial charge is 0.168 e. The molecule has 3 nitrogen and oxygen atoms in total. The predicted molar refractivity (Wildman–Crippen MR) is 74.8 cm³/mol. The Hall–Kier alpha value is -1.06. The average molecular weight is 270 g/mol. The molecule has 1 atom stereocenters. The lowest BCUT2D eigenvalue weighted by Crippen LogP contribution is -2.35. The summed E-state index contributed by atoms with van der Waals surface area (Å²) in [5, 5.41) is 3.38. The van der Waals surface area contributed by atoms with E-state index in [0.717, 1.165) is 25.1 Å². The molecule has 1 heterocycles. The molecule has 0 fully saturated rings. The number of para-hydroxylation sites is 1. The van der Waals surface area contributed by atoms with E-state index in [-0.39, 0.29) is 24.2 Å². The number of ketones is 1. The number of carbonyl (C=O) groups excluding carboxylic acids is 1. The van der Waals surface area contributed by atoms with Crippen LogP contribution in [0.25, 0.3) is 0 Å². The van der Waals surface area contributed by atoms with Gasteiger partial charge in [-0.05, 0) is 25.1 Å². The molecule has 18 heavy (non-hydrogen) atoms. The monoisotopic (exact) mass is 269 g/mol. The van der Waals surface area contributed by atoms with Crippen LogP contribution >= 0.6 is 12.4 Å². The Morgan fingerprint density at radius 2 is 2.17 bits per heavy atom. The van der Waals surface area contributed by atoms with Crippen molar-refractivity contribution in [2.45, 2.75) is 32.2 Å². The molecular weight excluding hydrogens is 250 g/mol. The second-order valence-electron chi connectivity index (χ2n) is 4.44. The maximum Gasteiger partial charge on any atom is 0.168 e. The topological polar surface area (TPSA) is 38.3 Å². The maximum absolute atomic E-state index is 12.0. The largest absolute Gasteiger partial charge is 0.491 e. The number of carbonyl (C=O) groups is 1. The summed E-state index contributed by atoms with van der Waals surface area (Å²) in [6, 6.07) is 7.62. The van der Waals surface area contributed by atoms with E-state index in [4.69, 9.17) is 4.74 Å². The fourth-order valence-corrected chi connectivity index (χ4v) is 2.02. The molecule has 1 N–H and O–H groups in total. The van der Waals surface area contributed by atoms with E-state index in [9.17, 15) is 4.79 Å². The summed E-state index contributed by atoms with van der Waals surface area (Å²) in [5.74, 6) is 0.893. The van der Waals surface area contributed by atoms with Crippen molar-refractivity contribution in [3.05, 3.63) is 29.8 Å². The Morgan fingerprint density at radius 1 is 1.39 bits per heavy atom. The lowest BCUT2D eigenvalue weighted by molar-refractivity contribution is 0.0971. The number of halogens is 1. The van der Waals surface area contributed by atoms with Gasteiger partial charge in [-0.3, -0.25) is 4.79 Å². The Morgan fingerprint density at radius 3 is 2.94 bits per heavy atom. The quantitative estimate of drug-likeness (QED) is 0.855. The Bertz CT molecular complexity index is 395. The van der Waals surface area contributed by atoms with Crippen molar-refractivity contribution in [2.75, 3.05) is 13.2 Å². The van der Waals surface area contributed by atoms with Crippen LogP contribution in [0.4, 0.5) is 0 Å². The van der Waals surface area contributed by atoms with Gasteiger partial charge in [-0.1, -0.05) is 25.5 Å². The normalized spacial score (nSPS) is 18.3. The fraction of sp³-hybridized carbons (Fsp3) is 0.500. The molecule has 1 aliphatic rings. The summed E-state index contributed by atoms with van der Waals surface area (Å²) in [7, 11) is 0. The van der Waals surface area contributed by atoms with Gasteiger partial charge in [0, 0.05) is 12.5 Å². The number of unbranched alkanes of at least 4 members (excludes halogenated alkanes) is 1. The van der Waals surface area contributed by atoms with Gasteiger partial charge in [0.1, 0.15) is 12.4 Å². The van der Waals surface area contributed by atoms with Crippen LogP contribution in [-0.4, -0.2) is 25.0 Å². The van der Waals surface area contributed by atoms with Gasteiger partial charge in [0.15, 0.2) is 5.78 Å². The van der Waals surface area contributed by atoms with Gasteiger partial charge in [-0.2, -0.15) is 0 Å². The number of fused-ring (bicyclic) bond motifs is 1. The van der Waals surface area contributed by atoms with Crippen molar-refractivity contribution >= 4 is 18.2 Å². The molecular formula is C14H20ClNO2. The third kappa shape index (κ3) is 3.72. The highest BCUT2D eigenvalue weighted by atomic mass is 35.5. The van der Waals surface area contributed by atoms with Crippen LogP contribution in [0.3, 0.4) is 0 Å². The molecule has 0 spiro atoms. The number of nitrogens with one attached hydrogen (secondary N) is 1. The Balaban J connectivity index is 0.00000162. The SMILES string of the molecule is CCCCNC1COc2ccccc2C(=O)C1.Cl. The van der Waals surface area contributed by atoms with Crippen molar-refractivity contribution in [3.63, 3.8) is 0 Å². The van der Waals surface area contributed by atoms with Crippen LogP contribution in [0.5, 0.6) is 5.75 Å². The molecule has 0 saturated carbocycles. The molecule has 1 aromatic carbocycles. The molecule has 0 aliphatic carbocycles. The van der Waals surface area contributed by atoms with Crippen LogP contribution < -0.4 is 10.1 Å². The van der Waals surface area contributed by atoms with Crippen LogP contribution in [0.1, 0.15) is 36.5 Å². The molecule has 100 valence electrons. The third-order valence-electron chi connectivity index (χ3n) is 3.02. The van der Waals surface area contributed by atoms with Crippen molar-refractivity contribution in [2.24, 2.45) is 0 Å². The van der Waals surface area contributed by atoms with Crippen molar-refractivity contribution < 1.29 is 9.53 Å². The first kappa shape index (κ1) is 15.0. The minimum atomic E-state index is 0. The Kier molecular flexibility index (Phi) is 6.16. The van der Waals surface area contributed by atoms with E-state index >= 15 is 0 Å². The second-order valence-corrected chi connectivity index (χ2v) is 4.44. The fourth-order valence-electron chi connectivity index (χ4n) is 2.02. The molecule has 0 aromatic heterocycles. The summed E-state index contributed by atoms with van der Waals surface area (Å²) in [5.41, 5.74) is 0.715. The van der Waals surface area contributed by atoms with Crippen molar-refractivity contribution in [3.8, 4) is 5.75 Å². The van der Waals surface area contributed by atoms with Gasteiger partial charge in [0.25, 0.3) is 0 Å². The van der Waals surface area contributed by atoms with E-state index in [1.54, 1.807) is 0 Å².